The van der Waals surface area contributed by atoms with Gasteiger partial charge in [0.15, 0.2) is 0 Å². The molecule has 0 radical (unpaired) electrons. The number of hydrogen-bond donors (Lipinski definition) is 0. The van der Waals surface area contributed by atoms with Crippen molar-refractivity contribution in [3.63, 3.8) is 0 Å². The number of nitrogens with zero attached hydrogens (tertiary/aromatic N) is 4. The highest BCUT2D eigenvalue weighted by Gasteiger charge is 2.29. The lowest BCUT2D eigenvalue weighted by Gasteiger charge is -2.39. The van der Waals surface area contributed by atoms with Gasteiger partial charge in [0.05, 0.1) is 13.2 Å². The van der Waals surface area contributed by atoms with E-state index in [1.807, 2.05) is 10.8 Å². The van der Waals surface area contributed by atoms with Crippen LogP contribution in [0.2, 0.25) is 0 Å². The number of carbonyl (C=O) groups is 1. The minimum atomic E-state index is 0.232. The van der Waals surface area contributed by atoms with Crippen molar-refractivity contribution < 1.29 is 9.53 Å². The van der Waals surface area contributed by atoms with Gasteiger partial charge in [-0.05, 0) is 19.3 Å². The molecule has 2 saturated heterocycles. The quantitative estimate of drug-likeness (QED) is 0.817. The highest BCUT2D eigenvalue weighted by atomic mass is 16.5. The van der Waals surface area contributed by atoms with Crippen molar-refractivity contribution in [1.29, 1.82) is 0 Å². The molecule has 128 valence electrons. The monoisotopic (exact) mass is 320 g/mol. The number of ether oxygens (including phenoxy) is 1. The van der Waals surface area contributed by atoms with Crippen LogP contribution in [-0.2, 0) is 22.5 Å². The van der Waals surface area contributed by atoms with Gasteiger partial charge in [-0.3, -0.25) is 9.69 Å². The van der Waals surface area contributed by atoms with Crippen LogP contribution >= 0.6 is 0 Å². The second-order valence-electron chi connectivity index (χ2n) is 6.47. The molecule has 2 fully saturated rings. The Kier molecular flexibility index (Phi) is 5.67. The molecule has 0 spiro atoms. The lowest BCUT2D eigenvalue weighted by atomic mass is 10.0. The number of amides is 1. The fourth-order valence-electron chi connectivity index (χ4n) is 3.64. The van der Waals surface area contributed by atoms with Crippen molar-refractivity contribution in [2.75, 3.05) is 39.4 Å². The smallest absolute Gasteiger partial charge is 0.242 e. The second-order valence-corrected chi connectivity index (χ2v) is 6.47. The molecule has 1 atom stereocenters. The van der Waals surface area contributed by atoms with Crippen LogP contribution in [0.15, 0.2) is 12.4 Å². The predicted octanol–water partition coefficient (Wildman–Crippen LogP) is 1.16. The fraction of sp³-hybridized carbons (Fsp3) is 0.765. The summed E-state index contributed by atoms with van der Waals surface area (Å²) in [6.45, 7) is 7.98. The summed E-state index contributed by atoms with van der Waals surface area (Å²) in [5.74, 6) is 1.22. The van der Waals surface area contributed by atoms with Crippen LogP contribution in [0.25, 0.3) is 0 Å². The summed E-state index contributed by atoms with van der Waals surface area (Å²) in [6.07, 6.45) is 8.02. The second kappa shape index (κ2) is 7.93. The van der Waals surface area contributed by atoms with Crippen LogP contribution in [0.1, 0.15) is 32.0 Å². The zero-order chi connectivity index (χ0) is 16.1. The molecule has 0 N–H and O–H groups in total. The average Bonchev–Trinajstić information content (AvgIpc) is 3.03. The Morgan fingerprint density at radius 2 is 2.13 bits per heavy atom. The Bertz CT molecular complexity index is 510. The maximum Gasteiger partial charge on any atom is 0.242 e. The number of piperidine rings is 1. The molecule has 6 nitrogen and oxygen atoms in total. The van der Waals surface area contributed by atoms with Gasteiger partial charge in [-0.15, -0.1) is 0 Å². The number of carbonyl (C=O) groups excluding carboxylic acids is 1. The summed E-state index contributed by atoms with van der Waals surface area (Å²) >= 11 is 0. The summed E-state index contributed by atoms with van der Waals surface area (Å²) in [6, 6.07) is 0.350. The highest BCUT2D eigenvalue weighted by molar-refractivity contribution is 5.76. The molecule has 0 saturated carbocycles. The number of imidazole rings is 1. The standard InChI is InChI=1S/C17H28N4O2/c1-2-16-18-6-8-20(16)14-17(22)21-7-4-3-5-15(21)13-19-9-11-23-12-10-19/h6,8,15H,2-5,7,9-14H2,1H3. The third-order valence-corrected chi connectivity index (χ3v) is 4.94. The topological polar surface area (TPSA) is 50.6 Å². The van der Waals surface area contributed by atoms with Gasteiger partial charge in [0.25, 0.3) is 0 Å². The van der Waals surface area contributed by atoms with E-state index in [2.05, 4.69) is 21.7 Å². The van der Waals surface area contributed by atoms with Crippen molar-refractivity contribution in [3.8, 4) is 0 Å². The number of rotatable bonds is 5. The average molecular weight is 320 g/mol. The van der Waals surface area contributed by atoms with E-state index in [9.17, 15) is 4.79 Å². The number of hydrogen-bond acceptors (Lipinski definition) is 4. The molecule has 2 aliphatic rings. The lowest BCUT2D eigenvalue weighted by Crippen LogP contribution is -2.52. The molecule has 0 bridgehead atoms. The normalized spacial score (nSPS) is 23.2. The van der Waals surface area contributed by atoms with E-state index in [1.165, 1.54) is 6.42 Å². The van der Waals surface area contributed by atoms with Gasteiger partial charge in [0.2, 0.25) is 5.91 Å². The third-order valence-electron chi connectivity index (χ3n) is 4.94. The molecular formula is C17H28N4O2. The SMILES string of the molecule is CCc1nccn1CC(=O)N1CCCCC1CN1CCOCC1. The van der Waals surface area contributed by atoms with Crippen LogP contribution in [0, 0.1) is 0 Å². The van der Waals surface area contributed by atoms with Crippen LogP contribution in [0.4, 0.5) is 0 Å². The molecule has 1 aromatic heterocycles. The summed E-state index contributed by atoms with van der Waals surface area (Å²) in [5.41, 5.74) is 0. The zero-order valence-corrected chi connectivity index (χ0v) is 14.1. The molecule has 1 unspecified atom stereocenters. The molecule has 3 rings (SSSR count). The van der Waals surface area contributed by atoms with Crippen molar-refractivity contribution in [3.05, 3.63) is 18.2 Å². The first-order valence-electron chi connectivity index (χ1n) is 8.87. The predicted molar refractivity (Wildman–Crippen MR) is 88.2 cm³/mol. The molecular weight excluding hydrogens is 292 g/mol. The van der Waals surface area contributed by atoms with Crippen LogP contribution in [-0.4, -0.2) is 70.7 Å². The largest absolute Gasteiger partial charge is 0.379 e. The first kappa shape index (κ1) is 16.5. The molecule has 23 heavy (non-hydrogen) atoms. The summed E-state index contributed by atoms with van der Waals surface area (Å²) < 4.78 is 7.42. The first-order valence-corrected chi connectivity index (χ1v) is 8.87. The van der Waals surface area contributed by atoms with E-state index in [4.69, 9.17) is 4.74 Å². The number of likely N-dealkylation sites (tertiary alicyclic amines) is 1. The molecule has 6 heteroatoms. The van der Waals surface area contributed by atoms with Crippen LogP contribution < -0.4 is 0 Å². The van der Waals surface area contributed by atoms with Crippen molar-refractivity contribution >= 4 is 5.91 Å². The molecule has 3 heterocycles. The Balaban J connectivity index is 1.61. The van der Waals surface area contributed by atoms with Gasteiger partial charge in [-0.25, -0.2) is 4.98 Å². The van der Waals surface area contributed by atoms with E-state index in [0.29, 0.717) is 12.6 Å². The van der Waals surface area contributed by atoms with Crippen molar-refractivity contribution in [2.24, 2.45) is 0 Å². The Morgan fingerprint density at radius 1 is 1.30 bits per heavy atom. The van der Waals surface area contributed by atoms with E-state index in [-0.39, 0.29) is 5.91 Å². The first-order chi connectivity index (χ1) is 11.3. The van der Waals surface area contributed by atoms with Gasteiger partial charge in [0, 0.05) is 51.0 Å². The maximum absolute atomic E-state index is 12.8. The maximum atomic E-state index is 12.8. The molecule has 0 aromatic carbocycles. The Labute approximate surface area is 138 Å². The zero-order valence-electron chi connectivity index (χ0n) is 14.1. The highest BCUT2D eigenvalue weighted by Crippen LogP contribution is 2.19. The summed E-state index contributed by atoms with van der Waals surface area (Å²) in [4.78, 5) is 21.7. The Morgan fingerprint density at radius 3 is 2.91 bits per heavy atom. The lowest BCUT2D eigenvalue weighted by molar-refractivity contribution is -0.136. The van der Waals surface area contributed by atoms with Gasteiger partial charge >= 0.3 is 0 Å². The Hall–Kier alpha value is -1.40. The number of aryl methyl sites for hydroxylation is 1. The van der Waals surface area contributed by atoms with Gasteiger partial charge in [-0.2, -0.15) is 0 Å². The van der Waals surface area contributed by atoms with Crippen LogP contribution in [0.3, 0.4) is 0 Å². The minimum absolute atomic E-state index is 0.232. The number of aromatic nitrogens is 2. The van der Waals surface area contributed by atoms with Gasteiger partial charge in [-0.1, -0.05) is 6.92 Å². The van der Waals surface area contributed by atoms with Crippen molar-refractivity contribution in [2.45, 2.75) is 45.2 Å². The third kappa shape index (κ3) is 4.12. The van der Waals surface area contributed by atoms with E-state index in [0.717, 1.165) is 64.5 Å². The van der Waals surface area contributed by atoms with Crippen LogP contribution in [0.5, 0.6) is 0 Å². The van der Waals surface area contributed by atoms with E-state index < -0.39 is 0 Å². The summed E-state index contributed by atoms with van der Waals surface area (Å²) in [7, 11) is 0. The van der Waals surface area contributed by atoms with Gasteiger partial charge < -0.3 is 14.2 Å². The molecule has 2 aliphatic heterocycles. The van der Waals surface area contributed by atoms with E-state index in [1.54, 1.807) is 6.20 Å². The van der Waals surface area contributed by atoms with Gasteiger partial charge in [0.1, 0.15) is 12.4 Å². The van der Waals surface area contributed by atoms with E-state index >= 15 is 0 Å². The fourth-order valence-corrected chi connectivity index (χ4v) is 3.64. The number of morpholine rings is 1. The summed E-state index contributed by atoms with van der Waals surface area (Å²) in [5, 5.41) is 0. The van der Waals surface area contributed by atoms with Crippen molar-refractivity contribution in [1.82, 2.24) is 19.4 Å². The molecule has 1 aromatic rings. The minimum Gasteiger partial charge on any atom is -0.379 e. The molecule has 0 aliphatic carbocycles. The molecule has 1 amide bonds.